The molecule has 0 heterocycles. The summed E-state index contributed by atoms with van der Waals surface area (Å²) < 4.78 is 18.5. The van der Waals surface area contributed by atoms with Crippen molar-refractivity contribution < 1.29 is 9.13 Å². The molecule has 2 rings (SSSR count). The van der Waals surface area contributed by atoms with Crippen molar-refractivity contribution in [2.75, 3.05) is 0 Å². The second-order valence-electron chi connectivity index (χ2n) is 3.17. The topological polar surface area (TPSA) is 33.0 Å². The fourth-order valence-electron chi connectivity index (χ4n) is 1.28. The Labute approximate surface area is 92.5 Å². The van der Waals surface area contributed by atoms with Gasteiger partial charge in [-0.1, -0.05) is 18.2 Å². The van der Waals surface area contributed by atoms with Crippen molar-refractivity contribution in [3.8, 4) is 17.6 Å². The molecule has 0 unspecified atom stereocenters. The van der Waals surface area contributed by atoms with Gasteiger partial charge in [0.15, 0.2) is 0 Å². The molecule has 2 nitrogen and oxygen atoms in total. The Morgan fingerprint density at radius 1 is 1.00 bits per heavy atom. The average molecular weight is 213 g/mol. The molecule has 0 saturated heterocycles. The Balaban J connectivity index is 2.27. The molecule has 0 spiro atoms. The summed E-state index contributed by atoms with van der Waals surface area (Å²) in [6.07, 6.45) is 0. The van der Waals surface area contributed by atoms with Crippen LogP contribution in [0.5, 0.6) is 11.5 Å². The molecule has 0 aliphatic carbocycles. The molecule has 0 amide bonds. The van der Waals surface area contributed by atoms with E-state index in [4.69, 9.17) is 10.00 Å². The summed E-state index contributed by atoms with van der Waals surface area (Å²) in [7, 11) is 0. The summed E-state index contributed by atoms with van der Waals surface area (Å²) >= 11 is 0. The van der Waals surface area contributed by atoms with E-state index in [1.807, 2.05) is 18.2 Å². The van der Waals surface area contributed by atoms with Crippen LogP contribution < -0.4 is 4.74 Å². The minimum atomic E-state index is -0.539. The van der Waals surface area contributed by atoms with Crippen molar-refractivity contribution in [1.29, 1.82) is 5.26 Å². The molecule has 0 aromatic heterocycles. The third-order valence-corrected chi connectivity index (χ3v) is 2.04. The fraction of sp³-hybridized carbons (Fsp3) is 0. The minimum absolute atomic E-state index is 0.0200. The molecule has 0 aliphatic rings. The molecule has 0 aliphatic heterocycles. The van der Waals surface area contributed by atoms with Crippen molar-refractivity contribution >= 4 is 0 Å². The van der Waals surface area contributed by atoms with Crippen LogP contribution in [0.2, 0.25) is 0 Å². The van der Waals surface area contributed by atoms with Crippen LogP contribution >= 0.6 is 0 Å². The van der Waals surface area contributed by atoms with Gasteiger partial charge in [0.05, 0.1) is 5.56 Å². The first-order chi connectivity index (χ1) is 7.79. The first kappa shape index (κ1) is 10.2. The zero-order valence-corrected chi connectivity index (χ0v) is 8.35. The second kappa shape index (κ2) is 4.45. The molecule has 0 bridgehead atoms. The van der Waals surface area contributed by atoms with E-state index in [1.54, 1.807) is 18.2 Å². The number of nitrogens with zero attached hydrogens (tertiary/aromatic N) is 1. The van der Waals surface area contributed by atoms with E-state index in [9.17, 15) is 4.39 Å². The minimum Gasteiger partial charge on any atom is -0.457 e. The molecular formula is C13H8FNO. The highest BCUT2D eigenvalue weighted by atomic mass is 19.1. The van der Waals surface area contributed by atoms with E-state index in [0.717, 1.165) is 0 Å². The maximum Gasteiger partial charge on any atom is 0.141 e. The van der Waals surface area contributed by atoms with Gasteiger partial charge in [-0.2, -0.15) is 5.26 Å². The molecule has 16 heavy (non-hydrogen) atoms. The van der Waals surface area contributed by atoms with Crippen molar-refractivity contribution in [3.63, 3.8) is 0 Å². The number of para-hydroxylation sites is 1. The zero-order valence-electron chi connectivity index (χ0n) is 8.35. The van der Waals surface area contributed by atoms with Crippen molar-refractivity contribution in [2.45, 2.75) is 0 Å². The molecule has 2 aromatic rings. The van der Waals surface area contributed by atoms with Gasteiger partial charge >= 0.3 is 0 Å². The zero-order chi connectivity index (χ0) is 11.4. The summed E-state index contributed by atoms with van der Waals surface area (Å²) in [5, 5.41) is 8.66. The normalized spacial score (nSPS) is 9.50. The van der Waals surface area contributed by atoms with E-state index < -0.39 is 5.82 Å². The van der Waals surface area contributed by atoms with Crippen molar-refractivity contribution in [3.05, 3.63) is 59.9 Å². The van der Waals surface area contributed by atoms with Crippen LogP contribution in [0.3, 0.4) is 0 Å². The molecule has 78 valence electrons. The van der Waals surface area contributed by atoms with E-state index in [1.165, 1.54) is 18.2 Å². The standard InChI is InChI=1S/C13H8FNO/c14-13-7-6-12(8-10(13)9-15)16-11-4-2-1-3-5-11/h1-8H. The largest absolute Gasteiger partial charge is 0.457 e. The lowest BCUT2D eigenvalue weighted by Gasteiger charge is -2.05. The maximum atomic E-state index is 13.0. The summed E-state index contributed by atoms with van der Waals surface area (Å²) in [6, 6.07) is 15.0. The molecule has 0 saturated carbocycles. The van der Waals surface area contributed by atoms with Gasteiger partial charge in [-0.05, 0) is 24.3 Å². The highest BCUT2D eigenvalue weighted by molar-refractivity contribution is 5.39. The number of ether oxygens (including phenoxy) is 1. The SMILES string of the molecule is N#Cc1cc(Oc2ccccc2)ccc1F. The maximum absolute atomic E-state index is 13.0. The van der Waals surface area contributed by atoms with Gasteiger partial charge in [0.25, 0.3) is 0 Å². The van der Waals surface area contributed by atoms with Crippen LogP contribution in [-0.2, 0) is 0 Å². The lowest BCUT2D eigenvalue weighted by molar-refractivity contribution is 0.480. The summed E-state index contributed by atoms with van der Waals surface area (Å²) in [6.45, 7) is 0. The first-order valence-electron chi connectivity index (χ1n) is 4.72. The van der Waals surface area contributed by atoms with Gasteiger partial charge in [0.2, 0.25) is 0 Å². The highest BCUT2D eigenvalue weighted by Gasteiger charge is 2.03. The third-order valence-electron chi connectivity index (χ3n) is 2.04. The summed E-state index contributed by atoms with van der Waals surface area (Å²) in [5.41, 5.74) is -0.0200. The molecule has 3 heteroatoms. The van der Waals surface area contributed by atoms with Gasteiger partial charge in [-0.25, -0.2) is 4.39 Å². The average Bonchev–Trinajstić information content (AvgIpc) is 2.33. The van der Waals surface area contributed by atoms with Gasteiger partial charge in [0, 0.05) is 6.07 Å². The van der Waals surface area contributed by atoms with Crippen molar-refractivity contribution in [1.82, 2.24) is 0 Å². The Kier molecular flexibility index (Phi) is 2.84. The Morgan fingerprint density at radius 2 is 1.75 bits per heavy atom. The molecule has 2 aromatic carbocycles. The molecule has 0 atom stereocenters. The smallest absolute Gasteiger partial charge is 0.141 e. The highest BCUT2D eigenvalue weighted by Crippen LogP contribution is 2.22. The third kappa shape index (κ3) is 2.18. The monoisotopic (exact) mass is 213 g/mol. The number of halogens is 1. The van der Waals surface area contributed by atoms with Gasteiger partial charge in [-0.15, -0.1) is 0 Å². The van der Waals surface area contributed by atoms with Gasteiger partial charge in [-0.3, -0.25) is 0 Å². The van der Waals surface area contributed by atoms with Crippen LogP contribution in [0, 0.1) is 17.1 Å². The molecule has 0 N–H and O–H groups in total. The van der Waals surface area contributed by atoms with Crippen LogP contribution in [0.25, 0.3) is 0 Å². The Morgan fingerprint density at radius 3 is 2.44 bits per heavy atom. The fourth-order valence-corrected chi connectivity index (χ4v) is 1.28. The van der Waals surface area contributed by atoms with Gasteiger partial charge < -0.3 is 4.74 Å². The number of rotatable bonds is 2. The molecule has 0 fully saturated rings. The van der Waals surface area contributed by atoms with Crippen LogP contribution in [-0.4, -0.2) is 0 Å². The predicted octanol–water partition coefficient (Wildman–Crippen LogP) is 3.49. The summed E-state index contributed by atoms with van der Waals surface area (Å²) in [4.78, 5) is 0. The number of benzene rings is 2. The predicted molar refractivity (Wildman–Crippen MR) is 57.6 cm³/mol. The van der Waals surface area contributed by atoms with E-state index in [-0.39, 0.29) is 5.56 Å². The first-order valence-corrected chi connectivity index (χ1v) is 4.72. The summed E-state index contributed by atoms with van der Waals surface area (Å²) in [5.74, 6) is 0.560. The number of hydrogen-bond donors (Lipinski definition) is 0. The lowest BCUT2D eigenvalue weighted by atomic mass is 10.2. The number of hydrogen-bond acceptors (Lipinski definition) is 2. The molecule has 0 radical (unpaired) electrons. The van der Waals surface area contributed by atoms with Crippen molar-refractivity contribution in [2.24, 2.45) is 0 Å². The Bertz CT molecular complexity index is 531. The number of nitriles is 1. The van der Waals surface area contributed by atoms with Gasteiger partial charge in [0.1, 0.15) is 23.4 Å². The van der Waals surface area contributed by atoms with E-state index in [0.29, 0.717) is 11.5 Å². The lowest BCUT2D eigenvalue weighted by Crippen LogP contribution is -1.87. The Hall–Kier alpha value is -2.34. The van der Waals surface area contributed by atoms with Crippen LogP contribution in [0.4, 0.5) is 4.39 Å². The quantitative estimate of drug-likeness (QED) is 0.764. The molecular weight excluding hydrogens is 205 g/mol. The second-order valence-corrected chi connectivity index (χ2v) is 3.17. The van der Waals surface area contributed by atoms with Crippen LogP contribution in [0.15, 0.2) is 48.5 Å². The van der Waals surface area contributed by atoms with Crippen LogP contribution in [0.1, 0.15) is 5.56 Å². The van der Waals surface area contributed by atoms with E-state index in [2.05, 4.69) is 0 Å². The van der Waals surface area contributed by atoms with E-state index >= 15 is 0 Å².